The van der Waals surface area contributed by atoms with Gasteiger partial charge in [-0.3, -0.25) is 4.55 Å². The minimum absolute atomic E-state index is 0.170. The summed E-state index contributed by atoms with van der Waals surface area (Å²) in [6.07, 6.45) is 16.9. The van der Waals surface area contributed by atoms with Crippen LogP contribution in [0.2, 0.25) is 0 Å². The average molecular weight is 393 g/mol. The van der Waals surface area contributed by atoms with Gasteiger partial charge in [-0.15, -0.1) is 0 Å². The van der Waals surface area contributed by atoms with E-state index < -0.39 is 21.5 Å². The molecule has 0 saturated heterocycles. The van der Waals surface area contributed by atoms with Crippen LogP contribution in [0.4, 0.5) is 0 Å². The summed E-state index contributed by atoms with van der Waals surface area (Å²) in [5.41, 5.74) is 0. The molecule has 0 aliphatic rings. The molecule has 0 aromatic heterocycles. The van der Waals surface area contributed by atoms with E-state index in [0.29, 0.717) is 12.8 Å². The van der Waals surface area contributed by atoms with Crippen molar-refractivity contribution in [2.75, 3.05) is 0 Å². The first-order valence-corrected chi connectivity index (χ1v) is 12.6. The Labute approximate surface area is 162 Å². The van der Waals surface area contributed by atoms with E-state index in [2.05, 4.69) is 13.8 Å². The third-order valence-electron chi connectivity index (χ3n) is 5.23. The molecule has 2 unspecified atom stereocenters. The molecule has 0 rings (SSSR count). The summed E-state index contributed by atoms with van der Waals surface area (Å²) in [4.78, 5) is 0. The topological polar surface area (TPSA) is 74.6 Å². The molecule has 0 heterocycles. The number of aliphatic hydroxyl groups is 1. The first kappa shape index (κ1) is 25.9. The van der Waals surface area contributed by atoms with Crippen LogP contribution in [-0.4, -0.2) is 29.4 Å². The number of hydrogen-bond acceptors (Lipinski definition) is 3. The molecule has 4 nitrogen and oxygen atoms in total. The van der Waals surface area contributed by atoms with E-state index in [1.54, 1.807) is 0 Å². The van der Waals surface area contributed by atoms with Gasteiger partial charge in [0.1, 0.15) is 0 Å². The van der Waals surface area contributed by atoms with Gasteiger partial charge in [0, 0.05) is 0 Å². The highest BCUT2D eigenvalue weighted by Gasteiger charge is 2.25. The molecule has 158 valence electrons. The molecule has 0 bridgehead atoms. The minimum atomic E-state index is -4.06. The standard InChI is InChI=1S/C21H44O4S/c1-3-5-7-9-10-11-12-14-15-17-20(22)19-21(26(23,24)25)18-16-13-8-6-4-2/h20-22H,3-19H2,1-2H3,(H,23,24,25). The van der Waals surface area contributed by atoms with Crippen molar-refractivity contribution in [2.24, 2.45) is 0 Å². The fourth-order valence-corrected chi connectivity index (χ4v) is 4.41. The Morgan fingerprint density at radius 2 is 1.04 bits per heavy atom. The maximum atomic E-state index is 11.6. The van der Waals surface area contributed by atoms with Crippen LogP contribution in [0.5, 0.6) is 0 Å². The Balaban J connectivity index is 3.84. The second kappa shape index (κ2) is 17.0. The zero-order chi connectivity index (χ0) is 19.7. The summed E-state index contributed by atoms with van der Waals surface area (Å²) in [6.45, 7) is 4.37. The van der Waals surface area contributed by atoms with Crippen LogP contribution in [0.1, 0.15) is 123 Å². The van der Waals surface area contributed by atoms with E-state index in [4.69, 9.17) is 0 Å². The predicted octanol–water partition coefficient (Wildman–Crippen LogP) is 6.28. The van der Waals surface area contributed by atoms with Crippen LogP contribution in [0, 0.1) is 0 Å². The average Bonchev–Trinajstić information content (AvgIpc) is 2.58. The fourth-order valence-electron chi connectivity index (χ4n) is 3.48. The summed E-state index contributed by atoms with van der Waals surface area (Å²) < 4.78 is 32.5. The van der Waals surface area contributed by atoms with Crippen LogP contribution < -0.4 is 0 Å². The largest absolute Gasteiger partial charge is 0.393 e. The molecule has 26 heavy (non-hydrogen) atoms. The molecule has 2 N–H and O–H groups in total. The molecule has 0 amide bonds. The van der Waals surface area contributed by atoms with Gasteiger partial charge in [-0.2, -0.15) is 8.42 Å². The van der Waals surface area contributed by atoms with Gasteiger partial charge in [-0.1, -0.05) is 104 Å². The third kappa shape index (κ3) is 16.1. The number of unbranched alkanes of at least 4 members (excludes halogenated alkanes) is 12. The van der Waals surface area contributed by atoms with E-state index >= 15 is 0 Å². The Hall–Kier alpha value is -0.130. The van der Waals surface area contributed by atoms with Crippen LogP contribution in [0.3, 0.4) is 0 Å². The van der Waals surface area contributed by atoms with Crippen LogP contribution in [0.15, 0.2) is 0 Å². The van der Waals surface area contributed by atoms with Gasteiger partial charge in [0.05, 0.1) is 11.4 Å². The Bertz CT molecular complexity index is 395. The van der Waals surface area contributed by atoms with Crippen LogP contribution >= 0.6 is 0 Å². The second-order valence-corrected chi connectivity index (χ2v) is 9.54. The van der Waals surface area contributed by atoms with E-state index in [0.717, 1.165) is 44.9 Å². The lowest BCUT2D eigenvalue weighted by Crippen LogP contribution is -2.26. The summed E-state index contributed by atoms with van der Waals surface area (Å²) in [7, 11) is -4.06. The van der Waals surface area contributed by atoms with Crippen molar-refractivity contribution in [3.63, 3.8) is 0 Å². The quantitative estimate of drug-likeness (QED) is 0.200. The molecule has 0 aliphatic carbocycles. The Morgan fingerprint density at radius 3 is 1.46 bits per heavy atom. The predicted molar refractivity (Wildman–Crippen MR) is 111 cm³/mol. The zero-order valence-electron chi connectivity index (χ0n) is 17.3. The van der Waals surface area contributed by atoms with Gasteiger partial charge in [0.25, 0.3) is 10.1 Å². The number of aliphatic hydroxyl groups excluding tert-OH is 1. The lowest BCUT2D eigenvalue weighted by atomic mass is 10.0. The highest BCUT2D eigenvalue weighted by molar-refractivity contribution is 7.86. The van der Waals surface area contributed by atoms with Gasteiger partial charge in [0.2, 0.25) is 0 Å². The number of rotatable bonds is 19. The lowest BCUT2D eigenvalue weighted by Gasteiger charge is -2.18. The highest BCUT2D eigenvalue weighted by atomic mass is 32.2. The van der Waals surface area contributed by atoms with Crippen molar-refractivity contribution in [1.82, 2.24) is 0 Å². The number of hydrogen-bond donors (Lipinski definition) is 2. The van der Waals surface area contributed by atoms with Gasteiger partial charge >= 0.3 is 0 Å². The molecule has 2 atom stereocenters. The molecule has 0 radical (unpaired) electrons. The van der Waals surface area contributed by atoms with E-state index in [1.807, 2.05) is 0 Å². The molecule has 0 fully saturated rings. The summed E-state index contributed by atoms with van der Waals surface area (Å²) in [5, 5.41) is 9.34. The van der Waals surface area contributed by atoms with Crippen molar-refractivity contribution >= 4 is 10.1 Å². The van der Waals surface area contributed by atoms with Crippen molar-refractivity contribution in [2.45, 2.75) is 134 Å². The smallest absolute Gasteiger partial charge is 0.267 e. The molecule has 0 aromatic carbocycles. The molecule has 0 spiro atoms. The first-order chi connectivity index (χ1) is 12.4. The van der Waals surface area contributed by atoms with E-state index in [9.17, 15) is 18.1 Å². The van der Waals surface area contributed by atoms with Gasteiger partial charge in [-0.05, 0) is 19.3 Å². The van der Waals surface area contributed by atoms with Crippen molar-refractivity contribution in [1.29, 1.82) is 0 Å². The Kier molecular flexibility index (Phi) is 16.9. The summed E-state index contributed by atoms with van der Waals surface area (Å²) in [6, 6.07) is 0. The monoisotopic (exact) mass is 392 g/mol. The molecule has 0 aliphatic heterocycles. The highest BCUT2D eigenvalue weighted by Crippen LogP contribution is 2.20. The van der Waals surface area contributed by atoms with Gasteiger partial charge < -0.3 is 5.11 Å². The SMILES string of the molecule is CCCCCCCCCCCC(O)CC(CCCCCCC)S(=O)(=O)O. The van der Waals surface area contributed by atoms with Gasteiger partial charge in [-0.25, -0.2) is 0 Å². The van der Waals surface area contributed by atoms with Crippen molar-refractivity contribution in [3.8, 4) is 0 Å². The molecular weight excluding hydrogens is 348 g/mol. The maximum absolute atomic E-state index is 11.6. The van der Waals surface area contributed by atoms with E-state index in [-0.39, 0.29) is 6.42 Å². The van der Waals surface area contributed by atoms with Crippen LogP contribution in [-0.2, 0) is 10.1 Å². The zero-order valence-corrected chi connectivity index (χ0v) is 18.1. The maximum Gasteiger partial charge on any atom is 0.267 e. The van der Waals surface area contributed by atoms with E-state index in [1.165, 1.54) is 44.9 Å². The third-order valence-corrected chi connectivity index (χ3v) is 6.50. The van der Waals surface area contributed by atoms with Crippen LogP contribution in [0.25, 0.3) is 0 Å². The molecule has 5 heteroatoms. The summed E-state index contributed by atoms with van der Waals surface area (Å²) >= 11 is 0. The lowest BCUT2D eigenvalue weighted by molar-refractivity contribution is 0.146. The second-order valence-electron chi connectivity index (χ2n) is 7.85. The first-order valence-electron chi connectivity index (χ1n) is 11.1. The molecule has 0 saturated carbocycles. The molecular formula is C21H44O4S. The van der Waals surface area contributed by atoms with Crippen molar-refractivity contribution in [3.05, 3.63) is 0 Å². The van der Waals surface area contributed by atoms with Crippen molar-refractivity contribution < 1.29 is 18.1 Å². The normalized spacial score (nSPS) is 14.5. The Morgan fingerprint density at radius 1 is 0.654 bits per heavy atom. The fraction of sp³-hybridized carbons (Fsp3) is 1.00. The summed E-state index contributed by atoms with van der Waals surface area (Å²) in [5.74, 6) is 0. The minimum Gasteiger partial charge on any atom is -0.393 e. The molecule has 0 aromatic rings. The van der Waals surface area contributed by atoms with Gasteiger partial charge in [0.15, 0.2) is 0 Å².